The van der Waals surface area contributed by atoms with Gasteiger partial charge in [-0.1, -0.05) is 38.1 Å². The Morgan fingerprint density at radius 2 is 1.71 bits per heavy atom. The van der Waals surface area contributed by atoms with Gasteiger partial charge in [0, 0.05) is 18.1 Å². The van der Waals surface area contributed by atoms with E-state index in [1.54, 1.807) is 0 Å². The molecule has 1 atom stereocenters. The third kappa shape index (κ3) is 3.87. The molecule has 0 radical (unpaired) electrons. The number of hydrogen-bond acceptors (Lipinski definition) is 2. The van der Waals surface area contributed by atoms with Crippen LogP contribution < -0.4 is 5.32 Å². The molecule has 1 aromatic carbocycles. The summed E-state index contributed by atoms with van der Waals surface area (Å²) in [6, 6.07) is 11.4. The maximum atomic E-state index is 3.91. The minimum atomic E-state index is 0.522. The van der Waals surface area contributed by atoms with Crippen LogP contribution in [0.2, 0.25) is 0 Å². The fourth-order valence-corrected chi connectivity index (χ4v) is 3.59. The lowest BCUT2D eigenvalue weighted by molar-refractivity contribution is 0.182. The Kier molecular flexibility index (Phi) is 4.97. The molecule has 0 aromatic heterocycles. The molecule has 2 aliphatic rings. The predicted molar refractivity (Wildman–Crippen MR) is 89.6 cm³/mol. The molecule has 2 nitrogen and oxygen atoms in total. The van der Waals surface area contributed by atoms with E-state index in [4.69, 9.17) is 0 Å². The Balaban J connectivity index is 1.53. The zero-order valence-corrected chi connectivity index (χ0v) is 13.6. The van der Waals surface area contributed by atoms with Crippen LogP contribution in [0.25, 0.3) is 0 Å². The number of piperidine rings is 1. The highest BCUT2D eigenvalue weighted by Gasteiger charge is 2.32. The smallest absolute Gasteiger partial charge is 0.0320 e. The van der Waals surface area contributed by atoms with E-state index >= 15 is 0 Å². The van der Waals surface area contributed by atoms with Crippen molar-refractivity contribution < 1.29 is 0 Å². The molecule has 0 amide bonds. The maximum Gasteiger partial charge on any atom is 0.0320 e. The summed E-state index contributed by atoms with van der Waals surface area (Å²) in [7, 11) is 0. The molecule has 0 bridgehead atoms. The van der Waals surface area contributed by atoms with Crippen LogP contribution in [-0.4, -0.2) is 30.1 Å². The molecule has 1 aliphatic heterocycles. The first kappa shape index (κ1) is 15.1. The van der Waals surface area contributed by atoms with E-state index in [0.717, 1.165) is 12.5 Å². The summed E-state index contributed by atoms with van der Waals surface area (Å²) in [5.74, 6) is 0. The highest BCUT2D eigenvalue weighted by Crippen LogP contribution is 2.30. The molecule has 21 heavy (non-hydrogen) atoms. The second kappa shape index (κ2) is 6.93. The molecule has 116 valence electrons. The largest absolute Gasteiger partial charge is 0.307 e. The van der Waals surface area contributed by atoms with Gasteiger partial charge in [0.1, 0.15) is 0 Å². The van der Waals surface area contributed by atoms with Gasteiger partial charge in [-0.05, 0) is 62.7 Å². The average molecular weight is 286 g/mol. The first-order chi connectivity index (χ1) is 10.3. The number of nitrogens with zero attached hydrogens (tertiary/aromatic N) is 1. The molecule has 1 saturated heterocycles. The number of likely N-dealkylation sites (tertiary alicyclic amines) is 1. The van der Waals surface area contributed by atoms with Gasteiger partial charge in [0.15, 0.2) is 0 Å². The van der Waals surface area contributed by atoms with Gasteiger partial charge < -0.3 is 10.2 Å². The normalized spacial score (nSPS) is 22.4. The lowest BCUT2D eigenvalue weighted by atomic mass is 9.98. The Morgan fingerprint density at radius 3 is 2.24 bits per heavy atom. The van der Waals surface area contributed by atoms with Gasteiger partial charge in [-0.3, -0.25) is 0 Å². The van der Waals surface area contributed by atoms with E-state index in [-0.39, 0.29) is 0 Å². The average Bonchev–Trinajstić information content (AvgIpc) is 3.38. The zero-order chi connectivity index (χ0) is 14.7. The monoisotopic (exact) mass is 286 g/mol. The number of aryl methyl sites for hydroxylation is 1. The van der Waals surface area contributed by atoms with E-state index < -0.39 is 0 Å². The van der Waals surface area contributed by atoms with Crippen molar-refractivity contribution in [3.8, 4) is 0 Å². The molecule has 2 fully saturated rings. The number of rotatable bonds is 6. The van der Waals surface area contributed by atoms with Crippen LogP contribution in [-0.2, 0) is 6.42 Å². The van der Waals surface area contributed by atoms with Gasteiger partial charge in [-0.15, -0.1) is 0 Å². The topological polar surface area (TPSA) is 15.3 Å². The van der Waals surface area contributed by atoms with Gasteiger partial charge in [0.25, 0.3) is 0 Å². The first-order valence-corrected chi connectivity index (χ1v) is 8.89. The summed E-state index contributed by atoms with van der Waals surface area (Å²) in [5, 5.41) is 3.91. The van der Waals surface area contributed by atoms with Gasteiger partial charge in [0.2, 0.25) is 0 Å². The Morgan fingerprint density at radius 1 is 1.05 bits per heavy atom. The van der Waals surface area contributed by atoms with Gasteiger partial charge in [-0.25, -0.2) is 0 Å². The summed E-state index contributed by atoms with van der Waals surface area (Å²) in [6.07, 6.45) is 7.83. The summed E-state index contributed by atoms with van der Waals surface area (Å²) in [5.41, 5.74) is 2.89. The lowest BCUT2D eigenvalue weighted by Crippen LogP contribution is -2.44. The van der Waals surface area contributed by atoms with Crippen LogP contribution in [0, 0.1) is 0 Å². The van der Waals surface area contributed by atoms with Gasteiger partial charge >= 0.3 is 0 Å². The van der Waals surface area contributed by atoms with Crippen molar-refractivity contribution in [3.05, 3.63) is 35.4 Å². The van der Waals surface area contributed by atoms with Crippen molar-refractivity contribution in [1.29, 1.82) is 0 Å². The standard InChI is InChI=1S/C19H30N2/c1-3-15-5-7-16(8-6-15)19(4-2)20-17-11-13-21(14-12-17)18-9-10-18/h5-8,17-20H,3-4,9-14H2,1-2H3. The third-order valence-corrected chi connectivity index (χ3v) is 5.23. The second-order valence-corrected chi connectivity index (χ2v) is 6.76. The molecule has 3 rings (SSSR count). The van der Waals surface area contributed by atoms with Crippen molar-refractivity contribution in [3.63, 3.8) is 0 Å². The summed E-state index contributed by atoms with van der Waals surface area (Å²) < 4.78 is 0. The molecule has 1 unspecified atom stereocenters. The quantitative estimate of drug-likeness (QED) is 0.853. The molecule has 1 heterocycles. The number of benzene rings is 1. The number of hydrogen-bond donors (Lipinski definition) is 1. The fourth-order valence-electron chi connectivity index (χ4n) is 3.59. The molecule has 1 saturated carbocycles. The molecule has 1 aliphatic carbocycles. The SMILES string of the molecule is CCc1ccc(C(CC)NC2CCN(C3CC3)CC2)cc1. The second-order valence-electron chi connectivity index (χ2n) is 6.76. The van der Waals surface area contributed by atoms with E-state index in [1.807, 2.05) is 0 Å². The van der Waals surface area contributed by atoms with Crippen LogP contribution in [0.5, 0.6) is 0 Å². The minimum Gasteiger partial charge on any atom is -0.307 e. The highest BCUT2D eigenvalue weighted by atomic mass is 15.2. The van der Waals surface area contributed by atoms with Crippen molar-refractivity contribution >= 4 is 0 Å². The van der Waals surface area contributed by atoms with E-state index in [2.05, 4.69) is 48.3 Å². The van der Waals surface area contributed by atoms with Crippen molar-refractivity contribution in [2.75, 3.05) is 13.1 Å². The lowest BCUT2D eigenvalue weighted by Gasteiger charge is -2.34. The zero-order valence-electron chi connectivity index (χ0n) is 13.6. The highest BCUT2D eigenvalue weighted by molar-refractivity contribution is 5.25. The van der Waals surface area contributed by atoms with Crippen molar-refractivity contribution in [2.45, 2.75) is 70.5 Å². The van der Waals surface area contributed by atoms with Gasteiger partial charge in [-0.2, -0.15) is 0 Å². The van der Waals surface area contributed by atoms with Crippen LogP contribution in [0.1, 0.15) is 63.1 Å². The molecular weight excluding hydrogens is 256 g/mol. The van der Waals surface area contributed by atoms with Crippen LogP contribution in [0.4, 0.5) is 0 Å². The van der Waals surface area contributed by atoms with Crippen LogP contribution >= 0.6 is 0 Å². The summed E-state index contributed by atoms with van der Waals surface area (Å²) >= 11 is 0. The molecule has 1 N–H and O–H groups in total. The number of nitrogens with one attached hydrogen (secondary N) is 1. The molecule has 2 heteroatoms. The van der Waals surface area contributed by atoms with E-state index in [9.17, 15) is 0 Å². The minimum absolute atomic E-state index is 0.522. The Labute approximate surface area is 129 Å². The van der Waals surface area contributed by atoms with Crippen LogP contribution in [0.15, 0.2) is 24.3 Å². The van der Waals surface area contributed by atoms with E-state index in [0.29, 0.717) is 12.1 Å². The van der Waals surface area contributed by atoms with E-state index in [1.165, 1.54) is 56.3 Å². The first-order valence-electron chi connectivity index (χ1n) is 8.89. The maximum absolute atomic E-state index is 3.91. The van der Waals surface area contributed by atoms with Crippen molar-refractivity contribution in [2.24, 2.45) is 0 Å². The molecule has 1 aromatic rings. The third-order valence-electron chi connectivity index (χ3n) is 5.23. The summed E-state index contributed by atoms with van der Waals surface area (Å²) in [4.78, 5) is 2.70. The Bertz CT molecular complexity index is 427. The fraction of sp³-hybridized carbons (Fsp3) is 0.684. The predicted octanol–water partition coefficient (Wildman–Crippen LogP) is 3.92. The Hall–Kier alpha value is -0.860. The van der Waals surface area contributed by atoms with Gasteiger partial charge in [0.05, 0.1) is 0 Å². The van der Waals surface area contributed by atoms with Crippen LogP contribution in [0.3, 0.4) is 0 Å². The molecule has 0 spiro atoms. The molecular formula is C19H30N2. The van der Waals surface area contributed by atoms with Crippen molar-refractivity contribution in [1.82, 2.24) is 10.2 Å². The summed E-state index contributed by atoms with van der Waals surface area (Å²) in [6.45, 7) is 7.12.